The van der Waals surface area contributed by atoms with Crippen molar-refractivity contribution in [3.8, 4) is 0 Å². The number of aliphatic hydroxyl groups is 1. The van der Waals surface area contributed by atoms with E-state index in [1.807, 2.05) is 0 Å². The summed E-state index contributed by atoms with van der Waals surface area (Å²) in [5.74, 6) is 1.36. The zero-order valence-electron chi connectivity index (χ0n) is 6.82. The first-order chi connectivity index (χ1) is 5.77. The van der Waals surface area contributed by atoms with Gasteiger partial charge in [-0.15, -0.1) is 0 Å². The molecule has 0 bridgehead atoms. The summed E-state index contributed by atoms with van der Waals surface area (Å²) >= 11 is 0. The standard InChI is InChI=1S/C7H11N3O2/c1-4(11)7-9-6(10-12-7)5-2-8-3-5/h4-5,8,11H,2-3H2,1H3. The molecular formula is C7H11N3O2. The van der Waals surface area contributed by atoms with E-state index in [2.05, 4.69) is 15.5 Å². The molecule has 0 amide bonds. The van der Waals surface area contributed by atoms with E-state index in [0.717, 1.165) is 13.1 Å². The molecule has 1 fully saturated rings. The van der Waals surface area contributed by atoms with Gasteiger partial charge in [0.25, 0.3) is 5.89 Å². The van der Waals surface area contributed by atoms with E-state index in [1.54, 1.807) is 6.92 Å². The number of aliphatic hydroxyl groups excluding tert-OH is 1. The second-order valence-electron chi connectivity index (χ2n) is 3.02. The van der Waals surface area contributed by atoms with E-state index in [0.29, 0.717) is 17.6 Å². The van der Waals surface area contributed by atoms with Crippen LogP contribution in [0, 0.1) is 0 Å². The third-order valence-corrected chi connectivity index (χ3v) is 1.96. The molecule has 0 saturated carbocycles. The maximum absolute atomic E-state index is 9.10. The molecule has 2 heterocycles. The molecular weight excluding hydrogens is 158 g/mol. The van der Waals surface area contributed by atoms with Gasteiger partial charge < -0.3 is 14.9 Å². The zero-order valence-corrected chi connectivity index (χ0v) is 6.82. The molecule has 1 aromatic heterocycles. The van der Waals surface area contributed by atoms with Gasteiger partial charge in [0.05, 0.1) is 0 Å². The average molecular weight is 169 g/mol. The van der Waals surface area contributed by atoms with Crippen molar-refractivity contribution in [2.45, 2.75) is 18.9 Å². The van der Waals surface area contributed by atoms with Crippen molar-refractivity contribution < 1.29 is 9.63 Å². The summed E-state index contributed by atoms with van der Waals surface area (Å²) in [5.41, 5.74) is 0. The first-order valence-electron chi connectivity index (χ1n) is 3.99. The van der Waals surface area contributed by atoms with Crippen LogP contribution < -0.4 is 5.32 Å². The zero-order chi connectivity index (χ0) is 8.55. The molecule has 1 atom stereocenters. The van der Waals surface area contributed by atoms with Gasteiger partial charge in [-0.05, 0) is 6.92 Å². The van der Waals surface area contributed by atoms with Crippen LogP contribution >= 0.6 is 0 Å². The van der Waals surface area contributed by atoms with Crippen molar-refractivity contribution >= 4 is 0 Å². The molecule has 2 rings (SSSR count). The molecule has 12 heavy (non-hydrogen) atoms. The number of aromatic nitrogens is 2. The van der Waals surface area contributed by atoms with Crippen LogP contribution in [-0.4, -0.2) is 28.3 Å². The Morgan fingerprint density at radius 1 is 1.67 bits per heavy atom. The highest BCUT2D eigenvalue weighted by Crippen LogP contribution is 2.18. The summed E-state index contributed by atoms with van der Waals surface area (Å²) in [6, 6.07) is 0. The Bertz CT molecular complexity index is 267. The molecule has 0 radical (unpaired) electrons. The highest BCUT2D eigenvalue weighted by Gasteiger charge is 2.24. The topological polar surface area (TPSA) is 71.2 Å². The molecule has 1 aliphatic rings. The van der Waals surface area contributed by atoms with Crippen molar-refractivity contribution in [2.24, 2.45) is 0 Å². The lowest BCUT2D eigenvalue weighted by Crippen LogP contribution is -2.40. The van der Waals surface area contributed by atoms with E-state index in [9.17, 15) is 0 Å². The molecule has 1 aromatic rings. The fraction of sp³-hybridized carbons (Fsp3) is 0.714. The minimum Gasteiger partial charge on any atom is -0.384 e. The minimum absolute atomic E-state index is 0.303. The summed E-state index contributed by atoms with van der Waals surface area (Å²) in [6.07, 6.45) is -0.667. The third kappa shape index (κ3) is 1.21. The largest absolute Gasteiger partial charge is 0.384 e. The smallest absolute Gasteiger partial charge is 0.255 e. The van der Waals surface area contributed by atoms with Gasteiger partial charge in [-0.1, -0.05) is 5.16 Å². The predicted molar refractivity (Wildman–Crippen MR) is 40.5 cm³/mol. The fourth-order valence-electron chi connectivity index (χ4n) is 1.05. The molecule has 66 valence electrons. The van der Waals surface area contributed by atoms with Crippen molar-refractivity contribution in [3.63, 3.8) is 0 Å². The van der Waals surface area contributed by atoms with Gasteiger partial charge in [-0.3, -0.25) is 0 Å². The van der Waals surface area contributed by atoms with Crippen LogP contribution in [0.25, 0.3) is 0 Å². The van der Waals surface area contributed by atoms with Crippen LogP contribution in [0.1, 0.15) is 30.7 Å². The summed E-state index contributed by atoms with van der Waals surface area (Å²) < 4.78 is 4.84. The minimum atomic E-state index is -0.667. The number of rotatable bonds is 2. The van der Waals surface area contributed by atoms with Crippen molar-refractivity contribution in [1.29, 1.82) is 0 Å². The van der Waals surface area contributed by atoms with Crippen molar-refractivity contribution in [3.05, 3.63) is 11.7 Å². The first-order valence-corrected chi connectivity index (χ1v) is 3.99. The number of nitrogens with zero attached hydrogens (tertiary/aromatic N) is 2. The fourth-order valence-corrected chi connectivity index (χ4v) is 1.05. The Morgan fingerprint density at radius 3 is 2.83 bits per heavy atom. The molecule has 1 unspecified atom stereocenters. The second kappa shape index (κ2) is 2.84. The van der Waals surface area contributed by atoms with Crippen molar-refractivity contribution in [2.75, 3.05) is 13.1 Å². The highest BCUT2D eigenvalue weighted by molar-refractivity contribution is 5.02. The highest BCUT2D eigenvalue weighted by atomic mass is 16.5. The molecule has 0 spiro atoms. The van der Waals surface area contributed by atoms with Gasteiger partial charge in [0.1, 0.15) is 6.10 Å². The monoisotopic (exact) mass is 169 g/mol. The number of hydrogen-bond donors (Lipinski definition) is 2. The van der Waals surface area contributed by atoms with Gasteiger partial charge in [-0.2, -0.15) is 4.98 Å². The van der Waals surface area contributed by atoms with Crippen LogP contribution in [0.2, 0.25) is 0 Å². The Hall–Kier alpha value is -0.940. The quantitative estimate of drug-likeness (QED) is 0.642. The summed E-state index contributed by atoms with van der Waals surface area (Å²) in [5, 5.41) is 16.0. The Balaban J connectivity index is 2.12. The Morgan fingerprint density at radius 2 is 2.42 bits per heavy atom. The van der Waals surface area contributed by atoms with Crippen LogP contribution in [0.15, 0.2) is 4.52 Å². The molecule has 5 nitrogen and oxygen atoms in total. The molecule has 0 aromatic carbocycles. The summed E-state index contributed by atoms with van der Waals surface area (Å²) in [7, 11) is 0. The number of hydrogen-bond acceptors (Lipinski definition) is 5. The van der Waals surface area contributed by atoms with E-state index < -0.39 is 6.10 Å². The number of nitrogens with one attached hydrogen (secondary N) is 1. The van der Waals surface area contributed by atoms with Gasteiger partial charge >= 0.3 is 0 Å². The van der Waals surface area contributed by atoms with Crippen LogP contribution in [0.5, 0.6) is 0 Å². The second-order valence-corrected chi connectivity index (χ2v) is 3.02. The maximum atomic E-state index is 9.10. The van der Waals surface area contributed by atoms with E-state index in [4.69, 9.17) is 9.63 Å². The predicted octanol–water partition coefficient (Wildman–Crippen LogP) is -0.190. The first kappa shape index (κ1) is 7.70. The summed E-state index contributed by atoms with van der Waals surface area (Å²) in [6.45, 7) is 3.41. The molecule has 5 heteroatoms. The Kier molecular flexibility index (Phi) is 1.82. The van der Waals surface area contributed by atoms with Crippen LogP contribution in [0.3, 0.4) is 0 Å². The molecule has 1 aliphatic heterocycles. The van der Waals surface area contributed by atoms with Gasteiger partial charge in [0.15, 0.2) is 5.82 Å². The summed E-state index contributed by atoms with van der Waals surface area (Å²) in [4.78, 5) is 4.06. The Labute approximate surface area is 69.8 Å². The normalized spacial score (nSPS) is 20.5. The lowest BCUT2D eigenvalue weighted by Gasteiger charge is -2.23. The van der Waals surface area contributed by atoms with Gasteiger partial charge in [0, 0.05) is 19.0 Å². The average Bonchev–Trinajstić information content (AvgIpc) is 2.32. The van der Waals surface area contributed by atoms with Gasteiger partial charge in [0.2, 0.25) is 0 Å². The molecule has 0 aliphatic carbocycles. The van der Waals surface area contributed by atoms with Crippen molar-refractivity contribution in [1.82, 2.24) is 15.5 Å². The lowest BCUT2D eigenvalue weighted by molar-refractivity contribution is 0.151. The SMILES string of the molecule is CC(O)c1nc(C2CNC2)no1. The molecule has 1 saturated heterocycles. The third-order valence-electron chi connectivity index (χ3n) is 1.96. The van der Waals surface area contributed by atoms with E-state index in [1.165, 1.54) is 0 Å². The lowest BCUT2D eigenvalue weighted by atomic mass is 10.0. The van der Waals surface area contributed by atoms with E-state index >= 15 is 0 Å². The van der Waals surface area contributed by atoms with Gasteiger partial charge in [-0.25, -0.2) is 0 Å². The van der Waals surface area contributed by atoms with Crippen LogP contribution in [-0.2, 0) is 0 Å². The van der Waals surface area contributed by atoms with Crippen LogP contribution in [0.4, 0.5) is 0 Å². The molecule has 2 N–H and O–H groups in total. The van der Waals surface area contributed by atoms with E-state index in [-0.39, 0.29) is 0 Å². The maximum Gasteiger partial charge on any atom is 0.255 e.